The van der Waals surface area contributed by atoms with E-state index in [4.69, 9.17) is 5.11 Å². The van der Waals surface area contributed by atoms with Crippen molar-refractivity contribution in [2.45, 2.75) is 19.9 Å². The molecule has 0 aliphatic carbocycles. The number of aryl methyl sites for hydroxylation is 2. The first-order valence-electron chi connectivity index (χ1n) is 6.17. The molecule has 0 fully saturated rings. The maximum Gasteiger partial charge on any atom is 0.338 e. The van der Waals surface area contributed by atoms with E-state index in [9.17, 15) is 9.59 Å². The van der Waals surface area contributed by atoms with Gasteiger partial charge >= 0.3 is 5.97 Å². The summed E-state index contributed by atoms with van der Waals surface area (Å²) in [5.41, 5.74) is 1.94. The van der Waals surface area contributed by atoms with E-state index in [1.807, 2.05) is 31.2 Å². The van der Waals surface area contributed by atoms with Crippen molar-refractivity contribution in [1.82, 2.24) is 9.78 Å². The molecule has 2 rings (SSSR count). The van der Waals surface area contributed by atoms with Gasteiger partial charge in [0.1, 0.15) is 0 Å². The van der Waals surface area contributed by atoms with Crippen LogP contribution in [0, 0.1) is 6.92 Å². The number of carboxylic acids is 1. The zero-order chi connectivity index (χ0) is 14.5. The minimum absolute atomic E-state index is 0.115. The van der Waals surface area contributed by atoms with Gasteiger partial charge in [-0.05, 0) is 24.6 Å². The van der Waals surface area contributed by atoms with Crippen LogP contribution < -0.4 is 5.32 Å². The van der Waals surface area contributed by atoms with Gasteiger partial charge in [0.25, 0.3) is 0 Å². The zero-order valence-electron chi connectivity index (χ0n) is 11.0. The van der Waals surface area contributed by atoms with Crippen LogP contribution in [0.1, 0.15) is 22.3 Å². The number of amides is 1. The molecule has 1 amide bonds. The summed E-state index contributed by atoms with van der Waals surface area (Å²) in [5, 5.41) is 15.4. The van der Waals surface area contributed by atoms with Gasteiger partial charge < -0.3 is 10.4 Å². The molecule has 20 heavy (non-hydrogen) atoms. The van der Waals surface area contributed by atoms with Gasteiger partial charge in [0.05, 0.1) is 11.8 Å². The highest BCUT2D eigenvalue weighted by atomic mass is 16.4. The maximum absolute atomic E-state index is 11.8. The van der Waals surface area contributed by atoms with Crippen molar-refractivity contribution in [3.05, 3.63) is 47.8 Å². The molecule has 1 heterocycles. The van der Waals surface area contributed by atoms with Gasteiger partial charge in [0.2, 0.25) is 5.91 Å². The van der Waals surface area contributed by atoms with Crippen molar-refractivity contribution in [2.75, 3.05) is 5.32 Å². The average Bonchev–Trinajstić information content (AvgIpc) is 2.85. The van der Waals surface area contributed by atoms with Gasteiger partial charge in [-0.25, -0.2) is 4.79 Å². The lowest BCUT2D eigenvalue weighted by atomic mass is 10.2. The van der Waals surface area contributed by atoms with Crippen LogP contribution in [0.2, 0.25) is 0 Å². The normalized spacial score (nSPS) is 10.2. The number of rotatable bonds is 5. The molecule has 1 aromatic carbocycles. The Morgan fingerprint density at radius 3 is 2.85 bits per heavy atom. The van der Waals surface area contributed by atoms with Crippen molar-refractivity contribution in [1.29, 1.82) is 0 Å². The van der Waals surface area contributed by atoms with Crippen LogP contribution in [0.3, 0.4) is 0 Å². The highest BCUT2D eigenvalue weighted by Gasteiger charge is 2.07. The summed E-state index contributed by atoms with van der Waals surface area (Å²) in [4.78, 5) is 22.5. The second-order valence-electron chi connectivity index (χ2n) is 4.46. The van der Waals surface area contributed by atoms with E-state index in [0.717, 1.165) is 11.3 Å². The molecule has 0 bridgehead atoms. The number of aromatic carboxylic acids is 1. The van der Waals surface area contributed by atoms with Crippen molar-refractivity contribution >= 4 is 17.6 Å². The first-order chi connectivity index (χ1) is 9.54. The Balaban J connectivity index is 1.87. The Kier molecular flexibility index (Phi) is 4.14. The molecule has 0 saturated heterocycles. The fourth-order valence-electron chi connectivity index (χ4n) is 1.76. The highest BCUT2D eigenvalue weighted by molar-refractivity contribution is 5.90. The maximum atomic E-state index is 11.8. The van der Waals surface area contributed by atoms with Gasteiger partial charge in [0, 0.05) is 24.8 Å². The predicted octanol–water partition coefficient (Wildman–Crippen LogP) is 1.92. The van der Waals surface area contributed by atoms with Crippen LogP contribution in [0.5, 0.6) is 0 Å². The van der Waals surface area contributed by atoms with Gasteiger partial charge in [0.15, 0.2) is 0 Å². The number of nitrogens with zero attached hydrogens (tertiary/aromatic N) is 2. The second kappa shape index (κ2) is 6.01. The van der Waals surface area contributed by atoms with Crippen LogP contribution in [-0.2, 0) is 11.3 Å². The number of nitrogens with one attached hydrogen (secondary N) is 1. The minimum Gasteiger partial charge on any atom is -0.478 e. The molecule has 0 aliphatic rings. The number of carboxylic acid groups (broad SMARTS) is 1. The van der Waals surface area contributed by atoms with E-state index in [2.05, 4.69) is 10.4 Å². The quantitative estimate of drug-likeness (QED) is 0.871. The summed E-state index contributed by atoms with van der Waals surface area (Å²) in [6, 6.07) is 7.53. The van der Waals surface area contributed by atoms with Gasteiger partial charge in [-0.1, -0.05) is 12.1 Å². The number of benzene rings is 1. The van der Waals surface area contributed by atoms with Crippen LogP contribution in [-0.4, -0.2) is 26.8 Å². The monoisotopic (exact) mass is 273 g/mol. The molecule has 1 aromatic heterocycles. The Hall–Kier alpha value is -2.63. The standard InChI is InChI=1S/C14H15N3O3/c1-10-3-2-4-12(7-10)16-13(18)5-6-17-9-11(8-15-17)14(19)20/h2-4,7-9H,5-6H2,1H3,(H,16,18)(H,19,20). The molecule has 0 saturated carbocycles. The van der Waals surface area contributed by atoms with Crippen LogP contribution in [0.4, 0.5) is 5.69 Å². The largest absolute Gasteiger partial charge is 0.478 e. The number of hydrogen-bond acceptors (Lipinski definition) is 3. The second-order valence-corrected chi connectivity index (χ2v) is 4.46. The number of hydrogen-bond donors (Lipinski definition) is 2. The van der Waals surface area contributed by atoms with E-state index < -0.39 is 5.97 Å². The summed E-state index contributed by atoms with van der Waals surface area (Å²) in [5.74, 6) is -1.16. The first kappa shape index (κ1) is 13.8. The summed E-state index contributed by atoms with van der Waals surface area (Å²) in [6.07, 6.45) is 2.90. The molecule has 6 nitrogen and oxygen atoms in total. The Bertz CT molecular complexity index is 634. The number of aromatic nitrogens is 2. The molecule has 2 aromatic rings. The Labute approximate surface area is 116 Å². The van der Waals surface area contributed by atoms with Crippen molar-refractivity contribution < 1.29 is 14.7 Å². The molecule has 2 N–H and O–H groups in total. The third-order valence-corrected chi connectivity index (χ3v) is 2.75. The van der Waals surface area contributed by atoms with E-state index in [0.29, 0.717) is 6.54 Å². The van der Waals surface area contributed by atoms with Crippen LogP contribution in [0.25, 0.3) is 0 Å². The predicted molar refractivity (Wildman–Crippen MR) is 73.6 cm³/mol. The minimum atomic E-state index is -1.03. The fraction of sp³-hybridized carbons (Fsp3) is 0.214. The van der Waals surface area contributed by atoms with E-state index in [1.165, 1.54) is 17.1 Å². The molecule has 0 aliphatic heterocycles. The van der Waals surface area contributed by atoms with Crippen molar-refractivity contribution in [3.63, 3.8) is 0 Å². The van der Waals surface area contributed by atoms with Crippen molar-refractivity contribution in [2.24, 2.45) is 0 Å². The summed E-state index contributed by atoms with van der Waals surface area (Å²) < 4.78 is 1.44. The lowest BCUT2D eigenvalue weighted by molar-refractivity contribution is -0.116. The Morgan fingerprint density at radius 1 is 1.40 bits per heavy atom. The molecule has 0 atom stereocenters. The van der Waals surface area contributed by atoms with Gasteiger partial charge in [-0.2, -0.15) is 5.10 Å². The van der Waals surface area contributed by atoms with E-state index in [-0.39, 0.29) is 17.9 Å². The summed E-state index contributed by atoms with van der Waals surface area (Å²) in [6.45, 7) is 2.29. The SMILES string of the molecule is Cc1cccc(NC(=O)CCn2cc(C(=O)O)cn2)c1. The molecule has 0 spiro atoms. The van der Waals surface area contributed by atoms with Crippen LogP contribution >= 0.6 is 0 Å². The fourth-order valence-corrected chi connectivity index (χ4v) is 1.76. The molecular formula is C14H15N3O3. The topological polar surface area (TPSA) is 84.2 Å². The highest BCUT2D eigenvalue weighted by Crippen LogP contribution is 2.10. The third-order valence-electron chi connectivity index (χ3n) is 2.75. The molecule has 0 unspecified atom stereocenters. The van der Waals surface area contributed by atoms with Gasteiger partial charge in [-0.15, -0.1) is 0 Å². The molecular weight excluding hydrogens is 258 g/mol. The van der Waals surface area contributed by atoms with Gasteiger partial charge in [-0.3, -0.25) is 9.48 Å². The summed E-state index contributed by atoms with van der Waals surface area (Å²) >= 11 is 0. The molecule has 6 heteroatoms. The smallest absolute Gasteiger partial charge is 0.338 e. The third kappa shape index (κ3) is 3.68. The van der Waals surface area contributed by atoms with E-state index in [1.54, 1.807) is 0 Å². The summed E-state index contributed by atoms with van der Waals surface area (Å²) in [7, 11) is 0. The van der Waals surface area contributed by atoms with E-state index >= 15 is 0 Å². The Morgan fingerprint density at radius 2 is 2.20 bits per heavy atom. The number of carbonyl (C=O) groups excluding carboxylic acids is 1. The number of anilines is 1. The lowest BCUT2D eigenvalue weighted by Crippen LogP contribution is -2.14. The molecule has 0 radical (unpaired) electrons. The number of carbonyl (C=O) groups is 2. The average molecular weight is 273 g/mol. The van der Waals surface area contributed by atoms with Crippen LogP contribution in [0.15, 0.2) is 36.7 Å². The first-order valence-corrected chi connectivity index (χ1v) is 6.17. The molecule has 104 valence electrons. The lowest BCUT2D eigenvalue weighted by Gasteiger charge is -2.06. The van der Waals surface area contributed by atoms with Crippen molar-refractivity contribution in [3.8, 4) is 0 Å². The zero-order valence-corrected chi connectivity index (χ0v) is 11.0.